The Morgan fingerprint density at radius 1 is 0.381 bits per heavy atom. The van der Waals surface area contributed by atoms with Crippen LogP contribution in [-0.4, -0.2) is 292 Å². The fourth-order valence-electron chi connectivity index (χ4n) is 16.9. The molecule has 0 unspecified atom stereocenters. The van der Waals surface area contributed by atoms with Gasteiger partial charge < -0.3 is 49.7 Å². The van der Waals surface area contributed by atoms with Crippen LogP contribution in [0.15, 0.2) is 220 Å². The number of fused-ring (bicyclic) bond motifs is 4. The van der Waals surface area contributed by atoms with E-state index in [1.807, 2.05) is 157 Å². The monoisotopic (exact) mass is 2370 g/mol. The fourth-order valence-corrected chi connectivity index (χ4v) is 29.5. The average Bonchev–Trinajstić information content (AvgIpc) is 1.75. The van der Waals surface area contributed by atoms with E-state index in [1.54, 1.807) is 68.1 Å². The normalized spacial score (nSPS) is 16.5. The molecule has 8 aromatic carbocycles. The summed E-state index contributed by atoms with van der Waals surface area (Å²) in [6, 6.07) is 44.1. The first kappa shape index (κ1) is 104. The predicted molar refractivity (Wildman–Crippen MR) is 570 cm³/mol. The molecule has 2 N–H and O–H groups in total. The zero-order valence-electron chi connectivity index (χ0n) is 75.6. The van der Waals surface area contributed by atoms with E-state index < -0.39 is 40.1 Å². The molecule has 0 saturated carbocycles. The molecule has 7 aliphatic rings. The zero-order chi connectivity index (χ0) is 98.5. The summed E-state index contributed by atoms with van der Waals surface area (Å²) in [6.07, 6.45) is 2.04. The van der Waals surface area contributed by atoms with Crippen molar-refractivity contribution in [1.82, 2.24) is 62.2 Å². The molecule has 734 valence electrons. The van der Waals surface area contributed by atoms with Gasteiger partial charge in [0, 0.05) is 206 Å². The summed E-state index contributed by atoms with van der Waals surface area (Å²) in [4.78, 5) is 81.4. The first-order chi connectivity index (χ1) is 66.5. The number of carbonyl (C=O) groups excluding carboxylic acids is 4. The summed E-state index contributed by atoms with van der Waals surface area (Å²) in [7, 11) is -7.02. The van der Waals surface area contributed by atoms with Crippen LogP contribution in [0.2, 0.25) is 20.1 Å². The van der Waals surface area contributed by atoms with Gasteiger partial charge in [-0.2, -0.15) is 17.2 Å². The standard InChI is InChI=1S/C25H26BrClN4O3S2.C24H25BrClN5O3S2.C24H24BrClN4O4S2.C21H21BrClN3O3S2/c1-29(22-3-2-8-28-22)15-19-16-35-24(23(19)27)25(32)30-9-11-31(12-10-30)36(33,34)21-7-5-17-13-20(26)6-4-18(17)14-21;1-29(24-27-6-7-28-24)14-18-15-35-22(21(18)26)23(32)30-8-10-31(11-9-30)36(33,34)20-5-3-16-12-19(25)4-2-17(16)13-20;1-28(24-27-6-11-34-24)14-18-15-35-22(21(18)26)23(31)29-7-9-30(10-8-29)36(32,33)20-5-3-16-12-19(25)4-2-17(16)13-20;1-24-12-16-13-30-20(19(16)23)21(27)25-6-8-26(9-7-25)31(28,29)18-5-3-14-10-17(22)4-2-15(14)11-18/h4-7,13-14,16H,2-3,8-12,15H2,1H3;2-5,12-13,15H,6-11,14H2,1H3,(H,27,28);2-5,12-13,15H,6-11,14H2,1H3;2-5,10-11,13,24H,6-9,12H2,1H3. The van der Waals surface area contributed by atoms with Crippen LogP contribution in [0.4, 0.5) is 0 Å². The highest BCUT2D eigenvalue weighted by Gasteiger charge is 2.39. The number of amides is 4. The third kappa shape index (κ3) is 23.7. The summed E-state index contributed by atoms with van der Waals surface area (Å²) in [5.74, 6) is 1.25. The Morgan fingerprint density at radius 2 is 0.676 bits per heavy atom. The third-order valence-electron chi connectivity index (χ3n) is 24.5. The maximum Gasteiger partial charge on any atom is 0.287 e. The lowest BCUT2D eigenvalue weighted by Crippen LogP contribution is -2.50. The minimum Gasteiger partial charge on any atom is -0.463 e. The van der Waals surface area contributed by atoms with Crippen molar-refractivity contribution in [2.75, 3.05) is 166 Å². The van der Waals surface area contributed by atoms with Gasteiger partial charge >= 0.3 is 0 Å². The Balaban J connectivity index is 0.000000134. The quantitative estimate of drug-likeness (QED) is 0.0716. The second kappa shape index (κ2) is 45.2. The second-order valence-electron chi connectivity index (χ2n) is 33.7. The van der Waals surface area contributed by atoms with E-state index >= 15 is 0 Å². The molecule has 0 bridgehead atoms. The van der Waals surface area contributed by atoms with E-state index in [0.29, 0.717) is 137 Å². The van der Waals surface area contributed by atoms with E-state index in [2.05, 4.69) is 94.2 Å². The number of carbonyl (C=O) groups is 4. The predicted octanol–water partition coefficient (Wildman–Crippen LogP) is 17.4. The molecule has 139 heavy (non-hydrogen) atoms. The number of piperazine rings is 4. The Morgan fingerprint density at radius 3 is 0.964 bits per heavy atom. The van der Waals surface area contributed by atoms with Crippen LogP contribution >= 0.6 is 155 Å². The van der Waals surface area contributed by atoms with E-state index in [9.17, 15) is 52.8 Å². The largest absolute Gasteiger partial charge is 0.463 e. The van der Waals surface area contributed by atoms with Crippen molar-refractivity contribution >= 4 is 280 Å². The molecule has 45 heteroatoms. The average molecular weight is 2380 g/mol. The van der Waals surface area contributed by atoms with Crippen LogP contribution in [0.1, 0.15) is 73.8 Å². The number of halogens is 8. The highest BCUT2D eigenvalue weighted by molar-refractivity contribution is 9.11. The van der Waals surface area contributed by atoms with Gasteiger partial charge in [0.1, 0.15) is 26.1 Å². The molecule has 0 spiro atoms. The summed E-state index contributed by atoms with van der Waals surface area (Å²) in [5, 5.41) is 23.0. The fraction of sp³-hybridized carbons (Fsp3) is 0.330. The van der Waals surface area contributed by atoms with Crippen LogP contribution in [-0.2, 0) is 71.0 Å². The lowest BCUT2D eigenvalue weighted by Gasteiger charge is -2.34. The Kier molecular flexibility index (Phi) is 33.8. The van der Waals surface area contributed by atoms with Gasteiger partial charge in [-0.05, 0) is 181 Å². The summed E-state index contributed by atoms with van der Waals surface area (Å²) in [6.45, 7) is 10.3. The first-order valence-corrected chi connectivity index (χ1v) is 58.2. The number of sulfonamides is 4. The number of benzene rings is 8. The van der Waals surface area contributed by atoms with E-state index in [1.165, 1.54) is 62.6 Å². The van der Waals surface area contributed by atoms with Gasteiger partial charge in [0.15, 0.2) is 5.96 Å². The molecule has 4 fully saturated rings. The second-order valence-corrected chi connectivity index (χ2v) is 50.1. The minimum absolute atomic E-state index is 0.148. The van der Waals surface area contributed by atoms with Gasteiger partial charge in [0.05, 0.1) is 58.6 Å². The smallest absolute Gasteiger partial charge is 0.287 e. The molecule has 19 rings (SSSR count). The molecule has 4 amide bonds. The number of hydrogen-bond donors (Lipinski definition) is 2. The van der Waals surface area contributed by atoms with Crippen molar-refractivity contribution in [3.8, 4) is 0 Å². The van der Waals surface area contributed by atoms with Crippen LogP contribution in [0.25, 0.3) is 43.1 Å². The lowest BCUT2D eigenvalue weighted by atomic mass is 10.1. The molecule has 29 nitrogen and oxygen atoms in total. The summed E-state index contributed by atoms with van der Waals surface area (Å²) < 4.78 is 121. The highest BCUT2D eigenvalue weighted by Crippen LogP contribution is 2.39. The molecular weight excluding hydrogens is 2280 g/mol. The molecule has 7 aliphatic heterocycles. The van der Waals surface area contributed by atoms with Crippen molar-refractivity contribution in [1.29, 1.82) is 0 Å². The zero-order valence-corrected chi connectivity index (χ0v) is 91.5. The van der Waals surface area contributed by atoms with Crippen molar-refractivity contribution in [2.24, 2.45) is 15.0 Å². The number of ether oxygens (including phenoxy) is 1. The number of amidine groups is 2. The van der Waals surface area contributed by atoms with Crippen molar-refractivity contribution in [3.63, 3.8) is 0 Å². The van der Waals surface area contributed by atoms with Crippen molar-refractivity contribution < 1.29 is 57.6 Å². The number of rotatable bonds is 20. The topological polar surface area (TPSA) is 311 Å². The molecule has 0 atom stereocenters. The maximum atomic E-state index is 13.3. The lowest BCUT2D eigenvalue weighted by molar-refractivity contribution is 0.0696. The molecule has 4 saturated heterocycles. The van der Waals surface area contributed by atoms with Crippen LogP contribution in [0, 0.1) is 0 Å². The van der Waals surface area contributed by atoms with Gasteiger partial charge in [-0.3, -0.25) is 29.2 Å². The number of hydrogen-bond acceptors (Lipinski definition) is 25. The van der Waals surface area contributed by atoms with Gasteiger partial charge in [-0.1, -0.05) is 159 Å². The van der Waals surface area contributed by atoms with Gasteiger partial charge in [-0.15, -0.1) is 45.3 Å². The number of guanidine groups is 1. The van der Waals surface area contributed by atoms with Gasteiger partial charge in [0.25, 0.3) is 29.7 Å². The van der Waals surface area contributed by atoms with Gasteiger partial charge in [0.2, 0.25) is 40.1 Å². The number of nitrogens with zero attached hydrogens (tertiary/aromatic N) is 14. The SMILES string of the molecule is CN(Cc1csc(C(=O)N2CCN(S(=O)(=O)c3ccc4cc(Br)ccc4c3)CC2)c1Cl)C1=NCCC1.CN(Cc1csc(C(=O)N2CCN(S(=O)(=O)c3ccc4cc(Br)ccc4c3)CC2)c1Cl)C1=NCCN1.CN(Cc1csc(C(=O)N2CCN(S(=O)(=O)c3ccc4cc(Br)ccc4c3)CC2)c1Cl)C1=NCCO1.CNCc1csc(C(=O)N2CCN(S(=O)(=O)c3ccc4cc(Br)ccc4c3)CC2)c1Cl. The first-order valence-electron chi connectivity index (χ1n) is 44.3. The molecular formula is C94H96Br4Cl4N16O13S8. The van der Waals surface area contributed by atoms with Crippen LogP contribution in [0.3, 0.4) is 0 Å². The van der Waals surface area contributed by atoms with Crippen molar-refractivity contribution in [2.45, 2.75) is 58.6 Å². The number of aliphatic imine (C=N–C) groups is 3. The molecule has 11 heterocycles. The number of thiophene rings is 4. The Hall–Kier alpha value is -7.83. The Labute approximate surface area is 877 Å². The molecule has 12 aromatic rings. The maximum absolute atomic E-state index is 13.3. The highest BCUT2D eigenvalue weighted by atomic mass is 79.9. The van der Waals surface area contributed by atoms with E-state index in [0.717, 1.165) is 128 Å². The van der Waals surface area contributed by atoms with E-state index in [4.69, 9.17) is 51.1 Å². The number of nitrogens with one attached hydrogen (secondary N) is 2. The van der Waals surface area contributed by atoms with Crippen molar-refractivity contribution in [3.05, 3.63) is 247 Å². The molecule has 0 aliphatic carbocycles. The summed E-state index contributed by atoms with van der Waals surface area (Å²) >= 11 is 45.2. The Bertz CT molecular complexity index is 6770. The minimum atomic E-state index is -3.67. The van der Waals surface area contributed by atoms with Gasteiger partial charge in [-0.25, -0.2) is 38.7 Å². The van der Waals surface area contributed by atoms with Crippen LogP contribution < -0.4 is 10.6 Å². The summed E-state index contributed by atoms with van der Waals surface area (Å²) in [5.41, 5.74) is 3.50. The van der Waals surface area contributed by atoms with E-state index in [-0.39, 0.29) is 95.6 Å². The molecule has 0 radical (unpaired) electrons. The third-order valence-corrected chi connectivity index (χ3v) is 40.3. The molecule has 4 aromatic heterocycles. The van der Waals surface area contributed by atoms with Crippen LogP contribution in [0.5, 0.6) is 0 Å².